The van der Waals surface area contributed by atoms with E-state index in [0.717, 1.165) is 54.4 Å². The van der Waals surface area contributed by atoms with Crippen molar-refractivity contribution in [3.05, 3.63) is 33.7 Å². The third-order valence-electron chi connectivity index (χ3n) is 6.21. The predicted molar refractivity (Wildman–Crippen MR) is 119 cm³/mol. The molecule has 160 valence electrons. The number of fused-ring (bicyclic) bond motifs is 3. The lowest BCUT2D eigenvalue weighted by molar-refractivity contribution is -0.123. The summed E-state index contributed by atoms with van der Waals surface area (Å²) in [6.45, 7) is 7.29. The Balaban J connectivity index is 1.36. The second-order valence-electron chi connectivity index (χ2n) is 9.13. The van der Waals surface area contributed by atoms with Crippen molar-refractivity contribution in [2.75, 3.05) is 19.6 Å². The van der Waals surface area contributed by atoms with Crippen molar-refractivity contribution in [2.45, 2.75) is 58.0 Å². The summed E-state index contributed by atoms with van der Waals surface area (Å²) in [5, 5.41) is 10.8. The van der Waals surface area contributed by atoms with E-state index in [9.17, 15) is 9.59 Å². The van der Waals surface area contributed by atoms with Crippen LogP contribution in [0.5, 0.6) is 0 Å². The van der Waals surface area contributed by atoms with Crippen LogP contribution in [0.1, 0.15) is 51.3 Å². The van der Waals surface area contributed by atoms with Crippen molar-refractivity contribution in [1.29, 1.82) is 0 Å². The Hall–Kier alpha value is -2.19. The minimum absolute atomic E-state index is 0.0347. The lowest BCUT2D eigenvalue weighted by atomic mass is 10.1. The van der Waals surface area contributed by atoms with Crippen molar-refractivity contribution in [3.63, 3.8) is 0 Å². The summed E-state index contributed by atoms with van der Waals surface area (Å²) in [6.07, 6.45) is 4.81. The Morgan fingerprint density at radius 3 is 2.93 bits per heavy atom. The first-order valence-electron chi connectivity index (χ1n) is 11.0. The maximum absolute atomic E-state index is 13.1. The summed E-state index contributed by atoms with van der Waals surface area (Å²) in [5.74, 6) is 1.67. The van der Waals surface area contributed by atoms with Crippen LogP contribution in [-0.2, 0) is 11.3 Å². The van der Waals surface area contributed by atoms with Gasteiger partial charge in [-0.3, -0.25) is 14.0 Å². The zero-order valence-corrected chi connectivity index (χ0v) is 18.5. The summed E-state index contributed by atoms with van der Waals surface area (Å²) in [4.78, 5) is 29.4. The van der Waals surface area contributed by atoms with Gasteiger partial charge in [0.1, 0.15) is 22.7 Å². The van der Waals surface area contributed by atoms with Crippen molar-refractivity contribution in [1.82, 2.24) is 24.4 Å². The van der Waals surface area contributed by atoms with Gasteiger partial charge in [0.05, 0.1) is 0 Å². The third kappa shape index (κ3) is 3.78. The molecule has 1 N–H and O–H groups in total. The van der Waals surface area contributed by atoms with E-state index >= 15 is 0 Å². The van der Waals surface area contributed by atoms with Crippen LogP contribution >= 0.6 is 11.3 Å². The van der Waals surface area contributed by atoms with Gasteiger partial charge in [0.15, 0.2) is 0 Å². The standard InChI is InChI=1S/C22H29N5O2S/c1-14(2)20-24-26(21(29)18-10-16-7-9-30-22(16)27(18)20)13-19(28)23-17-4-3-8-25(12-17)11-15-5-6-15/h7,9-10,14-15,17H,3-6,8,11-13H2,1-2H3,(H,23,28). The van der Waals surface area contributed by atoms with Crippen LogP contribution in [0.4, 0.5) is 0 Å². The van der Waals surface area contributed by atoms with Crippen LogP contribution in [-0.4, -0.2) is 50.7 Å². The van der Waals surface area contributed by atoms with Crippen molar-refractivity contribution in [2.24, 2.45) is 5.92 Å². The molecule has 3 aromatic rings. The van der Waals surface area contributed by atoms with Gasteiger partial charge < -0.3 is 10.2 Å². The summed E-state index contributed by atoms with van der Waals surface area (Å²) in [7, 11) is 0. The predicted octanol–water partition coefficient (Wildman–Crippen LogP) is 2.82. The molecule has 1 aliphatic heterocycles. The molecule has 4 heterocycles. The van der Waals surface area contributed by atoms with E-state index in [0.29, 0.717) is 5.52 Å². The van der Waals surface area contributed by atoms with Crippen molar-refractivity contribution in [3.8, 4) is 0 Å². The van der Waals surface area contributed by atoms with E-state index in [1.165, 1.54) is 17.5 Å². The number of nitrogens with zero attached hydrogens (tertiary/aromatic N) is 4. The number of likely N-dealkylation sites (tertiary alicyclic amines) is 1. The maximum Gasteiger partial charge on any atom is 0.291 e. The number of nitrogens with one attached hydrogen (secondary N) is 1. The van der Waals surface area contributed by atoms with Crippen LogP contribution in [0, 0.1) is 5.92 Å². The van der Waals surface area contributed by atoms with Gasteiger partial charge in [0, 0.05) is 30.4 Å². The fourth-order valence-corrected chi connectivity index (χ4v) is 5.45. The van der Waals surface area contributed by atoms with E-state index in [1.807, 2.05) is 21.9 Å². The third-order valence-corrected chi connectivity index (χ3v) is 7.12. The minimum Gasteiger partial charge on any atom is -0.350 e. The highest BCUT2D eigenvalue weighted by Crippen LogP contribution is 2.30. The van der Waals surface area contributed by atoms with E-state index in [4.69, 9.17) is 0 Å². The Kier molecular flexibility index (Phi) is 5.14. The zero-order chi connectivity index (χ0) is 20.8. The molecule has 0 spiro atoms. The Labute approximate surface area is 179 Å². The van der Waals surface area contributed by atoms with Crippen LogP contribution in [0.3, 0.4) is 0 Å². The van der Waals surface area contributed by atoms with Crippen LogP contribution in [0.15, 0.2) is 22.3 Å². The molecule has 0 radical (unpaired) electrons. The number of hydrogen-bond acceptors (Lipinski definition) is 5. The molecular formula is C22H29N5O2S. The van der Waals surface area contributed by atoms with Gasteiger partial charge in [0.25, 0.3) is 5.56 Å². The van der Waals surface area contributed by atoms with E-state index in [-0.39, 0.29) is 30.0 Å². The molecule has 1 atom stereocenters. The fraction of sp³-hybridized carbons (Fsp3) is 0.591. The van der Waals surface area contributed by atoms with Crippen molar-refractivity contribution < 1.29 is 4.79 Å². The van der Waals surface area contributed by atoms with E-state index < -0.39 is 0 Å². The Bertz CT molecular complexity index is 1140. The monoisotopic (exact) mass is 427 g/mol. The number of thiophene rings is 1. The van der Waals surface area contributed by atoms with Crippen molar-refractivity contribution >= 4 is 33.0 Å². The highest BCUT2D eigenvalue weighted by molar-refractivity contribution is 7.16. The number of aromatic nitrogens is 3. The normalized spacial score (nSPS) is 20.4. The van der Waals surface area contributed by atoms with Gasteiger partial charge in [-0.1, -0.05) is 13.8 Å². The van der Waals surface area contributed by atoms with Gasteiger partial charge >= 0.3 is 0 Å². The molecular weight excluding hydrogens is 398 g/mol. The number of amides is 1. The molecule has 1 saturated carbocycles. The average Bonchev–Trinajstić information content (AvgIpc) is 3.26. The summed E-state index contributed by atoms with van der Waals surface area (Å²) in [5.41, 5.74) is 0.383. The molecule has 0 bridgehead atoms. The van der Waals surface area contributed by atoms with Gasteiger partial charge in [-0.25, -0.2) is 4.68 Å². The topological polar surface area (TPSA) is 71.6 Å². The highest BCUT2D eigenvalue weighted by atomic mass is 32.1. The molecule has 5 rings (SSSR count). The molecule has 1 aliphatic carbocycles. The zero-order valence-electron chi connectivity index (χ0n) is 17.6. The maximum atomic E-state index is 13.1. The first-order valence-corrected chi connectivity index (χ1v) is 11.9. The lowest BCUT2D eigenvalue weighted by Gasteiger charge is -2.33. The number of carbonyl (C=O) groups is 1. The largest absolute Gasteiger partial charge is 0.350 e. The summed E-state index contributed by atoms with van der Waals surface area (Å²) >= 11 is 1.61. The lowest BCUT2D eigenvalue weighted by Crippen LogP contribution is -2.49. The number of rotatable bonds is 6. The summed E-state index contributed by atoms with van der Waals surface area (Å²) < 4.78 is 3.30. The van der Waals surface area contributed by atoms with Crippen LogP contribution in [0.2, 0.25) is 0 Å². The quantitative estimate of drug-likeness (QED) is 0.657. The van der Waals surface area contributed by atoms with Crippen LogP contribution < -0.4 is 10.9 Å². The molecule has 1 saturated heterocycles. The number of carbonyl (C=O) groups excluding carboxylic acids is 1. The molecule has 3 aromatic heterocycles. The van der Waals surface area contributed by atoms with Crippen LogP contribution in [0.25, 0.3) is 15.7 Å². The highest BCUT2D eigenvalue weighted by Gasteiger charge is 2.28. The fourth-order valence-electron chi connectivity index (χ4n) is 4.55. The smallest absolute Gasteiger partial charge is 0.291 e. The average molecular weight is 428 g/mol. The molecule has 0 aromatic carbocycles. The summed E-state index contributed by atoms with van der Waals surface area (Å²) in [6, 6.07) is 4.09. The molecule has 2 aliphatic rings. The van der Waals surface area contributed by atoms with Gasteiger partial charge in [-0.15, -0.1) is 11.3 Å². The first kappa shape index (κ1) is 19.8. The first-order chi connectivity index (χ1) is 14.5. The molecule has 1 unspecified atom stereocenters. The minimum atomic E-state index is -0.211. The Morgan fingerprint density at radius 2 is 2.17 bits per heavy atom. The van der Waals surface area contributed by atoms with E-state index in [1.54, 1.807) is 11.3 Å². The van der Waals surface area contributed by atoms with Gasteiger partial charge in [-0.2, -0.15) is 5.10 Å². The second-order valence-corrected chi connectivity index (χ2v) is 10.0. The molecule has 2 fully saturated rings. The Morgan fingerprint density at radius 1 is 1.33 bits per heavy atom. The number of hydrogen-bond donors (Lipinski definition) is 1. The molecule has 7 nitrogen and oxygen atoms in total. The number of piperidine rings is 1. The molecule has 30 heavy (non-hydrogen) atoms. The van der Waals surface area contributed by atoms with Gasteiger partial charge in [-0.05, 0) is 55.7 Å². The van der Waals surface area contributed by atoms with E-state index in [2.05, 4.69) is 29.2 Å². The SMILES string of the molecule is CC(C)c1nn(CC(=O)NC2CCCN(CC3CC3)C2)c(=O)c2cc3ccsc3n12. The molecule has 1 amide bonds. The van der Waals surface area contributed by atoms with Gasteiger partial charge in [0.2, 0.25) is 5.91 Å². The second kappa shape index (κ2) is 7.81. The molecule has 8 heteroatoms.